The minimum Gasteiger partial charge on any atom is -0.496 e. The zero-order valence-electron chi connectivity index (χ0n) is 12.2. The summed E-state index contributed by atoms with van der Waals surface area (Å²) in [7, 11) is 1.46. The van der Waals surface area contributed by atoms with Gasteiger partial charge in [0.1, 0.15) is 11.6 Å². The molecule has 0 aliphatic rings. The van der Waals surface area contributed by atoms with Crippen molar-refractivity contribution in [2.24, 2.45) is 0 Å². The molecule has 0 radical (unpaired) electrons. The van der Waals surface area contributed by atoms with Gasteiger partial charge in [-0.2, -0.15) is 13.2 Å². The van der Waals surface area contributed by atoms with E-state index in [9.17, 15) is 22.7 Å². The molecule has 2 N–H and O–H groups in total. The SMILES string of the molecule is COc1ccc(NCc2cc(C(F)(F)F)ccc2F)cc1CO. The van der Waals surface area contributed by atoms with Crippen molar-refractivity contribution in [3.05, 3.63) is 58.9 Å². The van der Waals surface area contributed by atoms with Gasteiger partial charge in [-0.1, -0.05) is 0 Å². The third-order valence-electron chi connectivity index (χ3n) is 3.31. The lowest BCUT2D eigenvalue weighted by Gasteiger charge is -2.13. The fraction of sp³-hybridized carbons (Fsp3) is 0.250. The summed E-state index contributed by atoms with van der Waals surface area (Å²) in [5, 5.41) is 12.1. The number of benzene rings is 2. The van der Waals surface area contributed by atoms with E-state index in [4.69, 9.17) is 4.74 Å². The van der Waals surface area contributed by atoms with Crippen molar-refractivity contribution in [2.75, 3.05) is 12.4 Å². The molecule has 3 nitrogen and oxygen atoms in total. The predicted octanol–water partition coefficient (Wildman–Crippen LogP) is 3.96. The van der Waals surface area contributed by atoms with Crippen LogP contribution in [-0.2, 0) is 19.3 Å². The molecule has 0 aliphatic heterocycles. The highest BCUT2D eigenvalue weighted by molar-refractivity contribution is 5.51. The number of anilines is 1. The lowest BCUT2D eigenvalue weighted by molar-refractivity contribution is -0.137. The quantitative estimate of drug-likeness (QED) is 0.816. The fourth-order valence-corrected chi connectivity index (χ4v) is 2.10. The molecule has 0 heterocycles. The Morgan fingerprint density at radius 3 is 2.43 bits per heavy atom. The Hall–Kier alpha value is -2.28. The van der Waals surface area contributed by atoms with Gasteiger partial charge >= 0.3 is 6.18 Å². The van der Waals surface area contributed by atoms with Gasteiger partial charge in [0.2, 0.25) is 0 Å². The van der Waals surface area contributed by atoms with E-state index in [1.165, 1.54) is 7.11 Å². The third kappa shape index (κ3) is 4.13. The number of halogens is 4. The Labute approximate surface area is 130 Å². The van der Waals surface area contributed by atoms with Gasteiger partial charge < -0.3 is 15.2 Å². The summed E-state index contributed by atoms with van der Waals surface area (Å²) in [6.07, 6.45) is -4.52. The second-order valence-corrected chi connectivity index (χ2v) is 4.84. The number of methoxy groups -OCH3 is 1. The van der Waals surface area contributed by atoms with Crippen molar-refractivity contribution in [3.63, 3.8) is 0 Å². The van der Waals surface area contributed by atoms with Crippen molar-refractivity contribution in [1.82, 2.24) is 0 Å². The van der Waals surface area contributed by atoms with Crippen LogP contribution in [0.15, 0.2) is 36.4 Å². The van der Waals surface area contributed by atoms with Crippen LogP contribution in [-0.4, -0.2) is 12.2 Å². The van der Waals surface area contributed by atoms with Gasteiger partial charge in [0.15, 0.2) is 0 Å². The Morgan fingerprint density at radius 1 is 1.09 bits per heavy atom. The van der Waals surface area contributed by atoms with Crippen LogP contribution in [0.1, 0.15) is 16.7 Å². The van der Waals surface area contributed by atoms with Gasteiger partial charge in [0, 0.05) is 23.4 Å². The van der Waals surface area contributed by atoms with E-state index in [2.05, 4.69) is 5.32 Å². The molecule has 0 saturated heterocycles. The van der Waals surface area contributed by atoms with E-state index in [0.717, 1.165) is 12.1 Å². The van der Waals surface area contributed by atoms with E-state index in [0.29, 0.717) is 23.1 Å². The van der Waals surface area contributed by atoms with Crippen LogP contribution >= 0.6 is 0 Å². The molecule has 0 amide bonds. The molecule has 2 aromatic carbocycles. The number of aliphatic hydroxyl groups excluding tert-OH is 1. The lowest BCUT2D eigenvalue weighted by atomic mass is 10.1. The Morgan fingerprint density at radius 2 is 1.83 bits per heavy atom. The first-order valence-corrected chi connectivity index (χ1v) is 6.72. The third-order valence-corrected chi connectivity index (χ3v) is 3.31. The van der Waals surface area contributed by atoms with Crippen molar-refractivity contribution in [3.8, 4) is 5.75 Å². The summed E-state index contributed by atoms with van der Waals surface area (Å²) in [6.45, 7) is -0.371. The summed E-state index contributed by atoms with van der Waals surface area (Å²) < 4.78 is 56.7. The highest BCUT2D eigenvalue weighted by Crippen LogP contribution is 2.30. The average Bonchev–Trinajstić information content (AvgIpc) is 2.52. The normalized spacial score (nSPS) is 11.4. The number of alkyl halides is 3. The summed E-state index contributed by atoms with van der Waals surface area (Å²) in [4.78, 5) is 0. The first kappa shape index (κ1) is 17.1. The largest absolute Gasteiger partial charge is 0.496 e. The number of aliphatic hydroxyl groups is 1. The molecule has 124 valence electrons. The summed E-state index contributed by atoms with van der Waals surface area (Å²) in [5.74, 6) is -0.232. The molecule has 0 atom stereocenters. The Bertz CT molecular complexity index is 686. The Balaban J connectivity index is 2.18. The van der Waals surface area contributed by atoms with Crippen LogP contribution in [0.25, 0.3) is 0 Å². The number of hydrogen-bond acceptors (Lipinski definition) is 3. The van der Waals surface area contributed by atoms with Crippen LogP contribution in [0.3, 0.4) is 0 Å². The molecule has 0 spiro atoms. The maximum absolute atomic E-state index is 13.7. The zero-order chi connectivity index (χ0) is 17.0. The number of hydrogen-bond donors (Lipinski definition) is 2. The van der Waals surface area contributed by atoms with Gasteiger partial charge in [-0.25, -0.2) is 4.39 Å². The number of ether oxygens (including phenoxy) is 1. The summed E-state index contributed by atoms with van der Waals surface area (Å²) in [5.41, 5.74) is 0.0522. The molecule has 2 rings (SSSR count). The predicted molar refractivity (Wildman–Crippen MR) is 77.6 cm³/mol. The molecule has 7 heteroatoms. The van der Waals surface area contributed by atoms with E-state index < -0.39 is 17.6 Å². The number of rotatable bonds is 5. The van der Waals surface area contributed by atoms with Gasteiger partial charge in [-0.05, 0) is 36.4 Å². The van der Waals surface area contributed by atoms with Gasteiger partial charge in [0.25, 0.3) is 0 Å². The zero-order valence-corrected chi connectivity index (χ0v) is 12.2. The molecule has 0 fully saturated rings. The molecular formula is C16H15F4NO2. The average molecular weight is 329 g/mol. The van der Waals surface area contributed by atoms with E-state index >= 15 is 0 Å². The second-order valence-electron chi connectivity index (χ2n) is 4.84. The fourth-order valence-electron chi connectivity index (χ4n) is 2.10. The maximum Gasteiger partial charge on any atom is 0.416 e. The molecule has 0 bridgehead atoms. The molecule has 0 saturated carbocycles. The molecule has 23 heavy (non-hydrogen) atoms. The molecule has 2 aromatic rings. The van der Waals surface area contributed by atoms with Crippen molar-refractivity contribution in [1.29, 1.82) is 0 Å². The van der Waals surface area contributed by atoms with Gasteiger partial charge in [0.05, 0.1) is 19.3 Å². The molecule has 0 unspecified atom stereocenters. The van der Waals surface area contributed by atoms with E-state index in [-0.39, 0.29) is 18.7 Å². The van der Waals surface area contributed by atoms with Crippen LogP contribution in [0.4, 0.5) is 23.2 Å². The van der Waals surface area contributed by atoms with Crippen LogP contribution in [0.2, 0.25) is 0 Å². The number of nitrogens with one attached hydrogen (secondary N) is 1. The molecule has 0 aromatic heterocycles. The van der Waals surface area contributed by atoms with Crippen molar-refractivity contribution >= 4 is 5.69 Å². The highest BCUT2D eigenvalue weighted by atomic mass is 19.4. The minimum atomic E-state index is -4.52. The first-order valence-electron chi connectivity index (χ1n) is 6.72. The lowest BCUT2D eigenvalue weighted by Crippen LogP contribution is -2.08. The van der Waals surface area contributed by atoms with Crippen molar-refractivity contribution in [2.45, 2.75) is 19.3 Å². The van der Waals surface area contributed by atoms with E-state index in [1.807, 2.05) is 0 Å². The highest BCUT2D eigenvalue weighted by Gasteiger charge is 2.31. The van der Waals surface area contributed by atoms with Crippen LogP contribution in [0.5, 0.6) is 5.75 Å². The summed E-state index contributed by atoms with van der Waals surface area (Å²) in [6, 6.07) is 7.10. The van der Waals surface area contributed by atoms with Gasteiger partial charge in [-0.3, -0.25) is 0 Å². The van der Waals surface area contributed by atoms with Gasteiger partial charge in [-0.15, -0.1) is 0 Å². The van der Waals surface area contributed by atoms with Crippen molar-refractivity contribution < 1.29 is 27.4 Å². The smallest absolute Gasteiger partial charge is 0.416 e. The standard InChI is InChI=1S/C16H15F4NO2/c1-23-15-5-3-13(7-11(15)9-22)21-8-10-6-12(16(18,19)20)2-4-14(10)17/h2-7,21-22H,8-9H2,1H3. The maximum atomic E-state index is 13.7. The molecule has 0 aliphatic carbocycles. The topological polar surface area (TPSA) is 41.5 Å². The molecular weight excluding hydrogens is 314 g/mol. The monoisotopic (exact) mass is 329 g/mol. The van der Waals surface area contributed by atoms with Crippen LogP contribution in [0, 0.1) is 5.82 Å². The van der Waals surface area contributed by atoms with E-state index in [1.54, 1.807) is 18.2 Å². The van der Waals surface area contributed by atoms with Crippen LogP contribution < -0.4 is 10.1 Å². The first-order chi connectivity index (χ1) is 10.8. The Kier molecular flexibility index (Phi) is 5.10. The second kappa shape index (κ2) is 6.87. The summed E-state index contributed by atoms with van der Waals surface area (Å²) >= 11 is 0. The minimum absolute atomic E-state index is 0.0961.